The van der Waals surface area contributed by atoms with Gasteiger partial charge in [0, 0.05) is 30.3 Å². The largest absolute Gasteiger partial charge is 0.458 e. The van der Waals surface area contributed by atoms with Gasteiger partial charge in [0.25, 0.3) is 0 Å². The second-order valence-electron chi connectivity index (χ2n) is 13.8. The van der Waals surface area contributed by atoms with Gasteiger partial charge in [-0.15, -0.1) is 0 Å². The molecule has 232 valence electrons. The van der Waals surface area contributed by atoms with Crippen molar-refractivity contribution < 1.29 is 59.9 Å². The second kappa shape index (κ2) is 9.91. The molecule has 15 atom stereocenters. The number of fused-ring (bicyclic) bond motifs is 5. The Kier molecular flexibility index (Phi) is 7.22. The average molecular weight is 585 g/mol. The van der Waals surface area contributed by atoms with E-state index in [0.717, 1.165) is 5.57 Å². The Bertz CT molecular complexity index is 1080. The molecule has 0 aromatic rings. The molecule has 0 amide bonds. The molecule has 12 heteroatoms. The fourth-order valence-corrected chi connectivity index (χ4v) is 10.1. The first-order valence-electron chi connectivity index (χ1n) is 14.9. The molecule has 2 aliphatic heterocycles. The summed E-state index contributed by atoms with van der Waals surface area (Å²) in [5, 5.41) is 89.6. The molecule has 12 nitrogen and oxygen atoms in total. The number of carbonyl (C=O) groups excluding carboxylic acids is 1. The van der Waals surface area contributed by atoms with Crippen molar-refractivity contribution in [2.24, 2.45) is 28.6 Å². The summed E-state index contributed by atoms with van der Waals surface area (Å²) in [4.78, 5) is 11.8. The Labute approximate surface area is 238 Å². The Balaban J connectivity index is 1.28. The second-order valence-corrected chi connectivity index (χ2v) is 13.8. The van der Waals surface area contributed by atoms with E-state index < -0.39 is 95.5 Å². The molecule has 0 radical (unpaired) electrons. The van der Waals surface area contributed by atoms with Gasteiger partial charge >= 0.3 is 5.97 Å². The number of rotatable bonds is 4. The van der Waals surface area contributed by atoms with Gasteiger partial charge < -0.3 is 55.1 Å². The maximum absolute atomic E-state index is 12.4. The van der Waals surface area contributed by atoms with E-state index in [4.69, 9.17) is 14.2 Å². The number of hydrogen-bond acceptors (Lipinski definition) is 12. The third kappa shape index (κ3) is 3.99. The van der Waals surface area contributed by atoms with E-state index in [1.165, 1.54) is 13.0 Å². The van der Waals surface area contributed by atoms with Gasteiger partial charge in [-0.05, 0) is 56.4 Å². The number of aliphatic hydroxyl groups excluding tert-OH is 6. The zero-order valence-electron chi connectivity index (χ0n) is 23.5. The first-order valence-corrected chi connectivity index (χ1v) is 14.9. The van der Waals surface area contributed by atoms with Crippen molar-refractivity contribution >= 4 is 5.97 Å². The number of ether oxygens (including phenoxy) is 3. The summed E-state index contributed by atoms with van der Waals surface area (Å²) in [6.45, 7) is 3.00. The summed E-state index contributed by atoms with van der Waals surface area (Å²) < 4.78 is 16.7. The fraction of sp³-hybridized carbons (Fsp3) is 0.897. The lowest BCUT2D eigenvalue weighted by molar-refractivity contribution is -0.342. The smallest absolute Gasteiger partial charge is 0.331 e. The topological polar surface area (TPSA) is 207 Å². The van der Waals surface area contributed by atoms with Gasteiger partial charge in [-0.1, -0.05) is 6.92 Å². The molecule has 0 aromatic carbocycles. The fourth-order valence-electron chi connectivity index (χ4n) is 10.1. The molecule has 0 spiro atoms. The summed E-state index contributed by atoms with van der Waals surface area (Å²) in [7, 11) is 0. The minimum Gasteiger partial charge on any atom is -0.458 e. The van der Waals surface area contributed by atoms with Crippen molar-refractivity contribution in [3.8, 4) is 0 Å². The first kappa shape index (κ1) is 29.9. The minimum atomic E-state index is -1.67. The highest BCUT2D eigenvalue weighted by molar-refractivity contribution is 5.85. The molecule has 4 aliphatic carbocycles. The van der Waals surface area contributed by atoms with E-state index in [-0.39, 0.29) is 38.2 Å². The molecular weight excluding hydrogens is 540 g/mol. The zero-order valence-corrected chi connectivity index (χ0v) is 23.5. The molecule has 41 heavy (non-hydrogen) atoms. The van der Waals surface area contributed by atoms with Gasteiger partial charge in [-0.2, -0.15) is 0 Å². The van der Waals surface area contributed by atoms with Gasteiger partial charge in [0.1, 0.15) is 24.9 Å². The van der Waals surface area contributed by atoms with Crippen molar-refractivity contribution in [3.05, 3.63) is 11.6 Å². The lowest BCUT2D eigenvalue weighted by Crippen LogP contribution is -2.76. The number of esters is 1. The van der Waals surface area contributed by atoms with Crippen molar-refractivity contribution in [1.82, 2.24) is 0 Å². The lowest BCUT2D eigenvalue weighted by Gasteiger charge is -2.68. The zero-order chi connectivity index (χ0) is 29.7. The molecule has 2 heterocycles. The van der Waals surface area contributed by atoms with E-state index in [0.29, 0.717) is 19.3 Å². The molecule has 6 rings (SSSR count). The quantitative estimate of drug-likeness (QED) is 0.140. The van der Waals surface area contributed by atoms with Crippen molar-refractivity contribution in [3.63, 3.8) is 0 Å². The normalized spacial score (nSPS) is 56.9. The van der Waals surface area contributed by atoms with Crippen molar-refractivity contribution in [2.75, 3.05) is 13.2 Å². The Morgan fingerprint density at radius 1 is 1.02 bits per heavy atom. The van der Waals surface area contributed by atoms with Crippen LogP contribution in [0.3, 0.4) is 0 Å². The van der Waals surface area contributed by atoms with Crippen LogP contribution in [0.1, 0.15) is 58.8 Å². The average Bonchev–Trinajstić information content (AvgIpc) is 3.45. The first-order chi connectivity index (χ1) is 19.2. The third-order valence-electron chi connectivity index (χ3n) is 12.2. The maximum atomic E-state index is 12.4. The standard InChI is InChI=1S/C29H44O12/c1-13-22(34)23(35)24(36)25(40-13)41-15-8-19(32)28(12-30)21-17(3-5-27(28,37)9-15)29(38)6-4-16(14-7-20(33)39-11-14)26(29,2)10-18(21)31/h7,13,15-19,21-25,30-32,34-38H,3-6,8-12H2,1-2H3/t13?,15?,16?,17-,18?,19?,21-,22?,23?,24?,25?,26-,27+,28-,29+/m1/s1. The Hall–Kier alpha value is -1.19. The van der Waals surface area contributed by atoms with Crippen LogP contribution in [0.15, 0.2) is 11.6 Å². The molecule has 9 unspecified atom stereocenters. The SMILES string of the molecule is CC1OC(OC2CC(O)[C@]3(CO)[C@H]4C(O)C[C@]5(C)C(C6=CC(=O)OC6)CC[C@]5(O)[C@@H]4CC[C@]3(O)C2)C(O)C(O)C1O. The van der Waals surface area contributed by atoms with E-state index in [9.17, 15) is 45.6 Å². The van der Waals surface area contributed by atoms with Gasteiger partial charge in [0.05, 0.1) is 47.6 Å². The monoisotopic (exact) mass is 584 g/mol. The summed E-state index contributed by atoms with van der Waals surface area (Å²) in [6.07, 6.45) is -6.68. The molecule has 5 fully saturated rings. The molecule has 8 N–H and O–H groups in total. The number of aliphatic hydroxyl groups is 8. The van der Waals surface area contributed by atoms with Gasteiger partial charge in [0.15, 0.2) is 6.29 Å². The van der Waals surface area contributed by atoms with Gasteiger partial charge in [-0.3, -0.25) is 0 Å². The number of cyclic esters (lactones) is 1. The van der Waals surface area contributed by atoms with Crippen LogP contribution < -0.4 is 0 Å². The Morgan fingerprint density at radius 2 is 1.76 bits per heavy atom. The van der Waals surface area contributed by atoms with Crippen LogP contribution >= 0.6 is 0 Å². The summed E-state index contributed by atoms with van der Waals surface area (Å²) >= 11 is 0. The molecule has 0 bridgehead atoms. The van der Waals surface area contributed by atoms with E-state index in [1.54, 1.807) is 0 Å². The van der Waals surface area contributed by atoms with Crippen LogP contribution in [0.2, 0.25) is 0 Å². The molecule has 0 aromatic heterocycles. The van der Waals surface area contributed by atoms with Crippen LogP contribution in [-0.4, -0.2) is 120 Å². The van der Waals surface area contributed by atoms with Gasteiger partial charge in [0.2, 0.25) is 0 Å². The van der Waals surface area contributed by atoms with Gasteiger partial charge in [-0.25, -0.2) is 4.79 Å². The third-order valence-corrected chi connectivity index (χ3v) is 12.2. The molecule has 6 aliphatic rings. The highest BCUT2D eigenvalue weighted by Gasteiger charge is 2.75. The highest BCUT2D eigenvalue weighted by Crippen LogP contribution is 2.70. The molecular formula is C29H44O12. The van der Waals surface area contributed by atoms with Crippen LogP contribution in [0.5, 0.6) is 0 Å². The van der Waals surface area contributed by atoms with E-state index >= 15 is 0 Å². The number of hydrogen-bond donors (Lipinski definition) is 8. The predicted molar refractivity (Wildman–Crippen MR) is 139 cm³/mol. The van der Waals surface area contributed by atoms with E-state index in [2.05, 4.69) is 0 Å². The van der Waals surface area contributed by atoms with Crippen molar-refractivity contribution in [1.29, 1.82) is 0 Å². The van der Waals surface area contributed by atoms with E-state index in [1.807, 2.05) is 6.92 Å². The summed E-state index contributed by atoms with van der Waals surface area (Å²) in [5.41, 5.74) is -4.46. The Morgan fingerprint density at radius 3 is 2.41 bits per heavy atom. The van der Waals surface area contributed by atoms with Crippen LogP contribution in [0.25, 0.3) is 0 Å². The lowest BCUT2D eigenvalue weighted by atomic mass is 9.40. The maximum Gasteiger partial charge on any atom is 0.331 e. The van der Waals surface area contributed by atoms with Crippen LogP contribution in [0.4, 0.5) is 0 Å². The molecule has 1 saturated heterocycles. The summed E-state index contributed by atoms with van der Waals surface area (Å²) in [5.74, 6) is -1.93. The molecule has 4 saturated carbocycles. The van der Waals surface area contributed by atoms with Crippen LogP contribution in [-0.2, 0) is 19.0 Å². The number of carbonyl (C=O) groups is 1. The van der Waals surface area contributed by atoms with Crippen LogP contribution in [0, 0.1) is 28.6 Å². The van der Waals surface area contributed by atoms with Crippen molar-refractivity contribution in [2.45, 2.75) is 119 Å². The highest BCUT2D eigenvalue weighted by atomic mass is 16.7. The summed E-state index contributed by atoms with van der Waals surface area (Å²) in [6, 6.07) is 0. The predicted octanol–water partition coefficient (Wildman–Crippen LogP) is -1.51. The minimum absolute atomic E-state index is 0.0369.